The Morgan fingerprint density at radius 1 is 1.00 bits per heavy atom. The molecule has 0 radical (unpaired) electrons. The summed E-state index contributed by atoms with van der Waals surface area (Å²) >= 11 is 0. The van der Waals surface area contributed by atoms with Crippen LogP contribution in [0.1, 0.15) is 19.4 Å². The van der Waals surface area contributed by atoms with E-state index in [4.69, 9.17) is 0 Å². The van der Waals surface area contributed by atoms with Crippen LogP contribution < -0.4 is 4.90 Å². The molecule has 140 valence electrons. The topological polar surface area (TPSA) is 54.9 Å². The Bertz CT molecular complexity index is 935. The van der Waals surface area contributed by atoms with Gasteiger partial charge >= 0.3 is 0 Å². The molecule has 27 heavy (non-hydrogen) atoms. The smallest absolute Gasteiger partial charge is 0.198 e. The van der Waals surface area contributed by atoms with Crippen molar-refractivity contribution in [2.75, 3.05) is 31.1 Å². The van der Waals surface area contributed by atoms with Gasteiger partial charge in [-0.2, -0.15) is 0 Å². The van der Waals surface area contributed by atoms with E-state index >= 15 is 0 Å². The van der Waals surface area contributed by atoms with Crippen LogP contribution in [0.3, 0.4) is 0 Å². The molecule has 2 N–H and O–H groups in total. The molecule has 0 spiro atoms. The van der Waals surface area contributed by atoms with Gasteiger partial charge in [0.2, 0.25) is 0 Å². The number of para-hydroxylation sites is 1. The molecule has 0 bridgehead atoms. The van der Waals surface area contributed by atoms with Crippen molar-refractivity contribution in [1.82, 2.24) is 9.88 Å². The van der Waals surface area contributed by atoms with Gasteiger partial charge in [0, 0.05) is 55.0 Å². The maximum Gasteiger partial charge on any atom is 0.198 e. The van der Waals surface area contributed by atoms with E-state index in [0.717, 1.165) is 48.3 Å². The molecular formula is C22H26N4O. The first-order valence-corrected chi connectivity index (χ1v) is 9.54. The number of aromatic amines is 1. The number of rotatable bonds is 4. The zero-order valence-corrected chi connectivity index (χ0v) is 15.9. The Labute approximate surface area is 160 Å². The first-order valence-electron chi connectivity index (χ1n) is 9.54. The van der Waals surface area contributed by atoms with Crippen LogP contribution in [-0.2, 0) is 0 Å². The molecule has 1 fully saturated rings. The van der Waals surface area contributed by atoms with Crippen molar-refractivity contribution in [3.05, 3.63) is 54.1 Å². The Hall–Kier alpha value is -2.79. The quantitative estimate of drug-likeness (QED) is 0.686. The largest absolute Gasteiger partial charge is 0.494 e. The fourth-order valence-corrected chi connectivity index (χ4v) is 3.67. The molecule has 0 atom stereocenters. The van der Waals surface area contributed by atoms with E-state index in [1.807, 2.05) is 36.4 Å². The molecule has 3 aromatic rings. The summed E-state index contributed by atoms with van der Waals surface area (Å²) in [4.78, 5) is 12.5. The molecule has 0 amide bonds. The summed E-state index contributed by atoms with van der Waals surface area (Å²) in [5, 5.41) is 11.1. The standard InChI is InChI=1S/C22H26N4O/c1-16(2)25-11-13-26(14-12-25)18-9-7-17(8-10-18)23-15-20-19-5-3-4-6-21(19)24-22(20)27/h3-10,15-16,24,27H,11-14H2,1-2H3. The summed E-state index contributed by atoms with van der Waals surface area (Å²) in [5.41, 5.74) is 3.75. The van der Waals surface area contributed by atoms with E-state index in [0.29, 0.717) is 6.04 Å². The van der Waals surface area contributed by atoms with E-state index in [1.165, 1.54) is 5.69 Å². The van der Waals surface area contributed by atoms with Crippen LogP contribution in [0.2, 0.25) is 0 Å². The minimum Gasteiger partial charge on any atom is -0.494 e. The molecule has 1 aliphatic rings. The number of piperazine rings is 1. The number of hydrogen-bond donors (Lipinski definition) is 2. The number of hydrogen-bond acceptors (Lipinski definition) is 4. The van der Waals surface area contributed by atoms with Gasteiger partial charge in [0.1, 0.15) is 0 Å². The van der Waals surface area contributed by atoms with Crippen LogP contribution in [0.15, 0.2) is 53.5 Å². The maximum atomic E-state index is 10.1. The average Bonchev–Trinajstić information content (AvgIpc) is 3.02. The molecule has 5 heteroatoms. The van der Waals surface area contributed by atoms with Gasteiger partial charge in [-0.3, -0.25) is 9.89 Å². The first-order chi connectivity index (χ1) is 13.1. The number of aliphatic imine (C=N–C) groups is 1. The van der Waals surface area contributed by atoms with Crippen molar-refractivity contribution in [3.8, 4) is 5.88 Å². The van der Waals surface area contributed by atoms with E-state index in [1.54, 1.807) is 6.21 Å². The van der Waals surface area contributed by atoms with Crippen molar-refractivity contribution in [3.63, 3.8) is 0 Å². The van der Waals surface area contributed by atoms with Crippen LogP contribution in [0.5, 0.6) is 5.88 Å². The number of H-pyrrole nitrogens is 1. The van der Waals surface area contributed by atoms with Crippen molar-refractivity contribution in [1.29, 1.82) is 0 Å². The monoisotopic (exact) mass is 362 g/mol. The minimum absolute atomic E-state index is 0.152. The zero-order chi connectivity index (χ0) is 18.8. The average molecular weight is 362 g/mol. The van der Waals surface area contributed by atoms with Crippen LogP contribution in [0.4, 0.5) is 11.4 Å². The SMILES string of the molecule is CC(C)N1CCN(c2ccc(N=Cc3c(O)[nH]c4ccccc34)cc2)CC1. The van der Waals surface area contributed by atoms with Gasteiger partial charge in [-0.25, -0.2) is 0 Å². The molecule has 0 saturated carbocycles. The normalized spacial score (nSPS) is 16.0. The van der Waals surface area contributed by atoms with Crippen molar-refractivity contribution < 1.29 is 5.11 Å². The fraction of sp³-hybridized carbons (Fsp3) is 0.318. The van der Waals surface area contributed by atoms with E-state index in [-0.39, 0.29) is 5.88 Å². The Morgan fingerprint density at radius 2 is 1.70 bits per heavy atom. The number of nitrogens with zero attached hydrogens (tertiary/aromatic N) is 3. The summed E-state index contributed by atoms with van der Waals surface area (Å²) in [5.74, 6) is 0.152. The first kappa shape index (κ1) is 17.6. The van der Waals surface area contributed by atoms with E-state index in [9.17, 15) is 5.11 Å². The fourth-order valence-electron chi connectivity index (χ4n) is 3.67. The molecule has 2 heterocycles. The van der Waals surface area contributed by atoms with E-state index in [2.05, 4.69) is 45.8 Å². The van der Waals surface area contributed by atoms with Gasteiger partial charge in [0.05, 0.1) is 11.3 Å². The Balaban J connectivity index is 1.46. The lowest BCUT2D eigenvalue weighted by Crippen LogP contribution is -2.48. The Morgan fingerprint density at radius 3 is 2.41 bits per heavy atom. The second-order valence-electron chi connectivity index (χ2n) is 7.32. The third-order valence-electron chi connectivity index (χ3n) is 5.33. The van der Waals surface area contributed by atoms with Crippen LogP contribution in [-0.4, -0.2) is 53.4 Å². The lowest BCUT2D eigenvalue weighted by Gasteiger charge is -2.38. The predicted molar refractivity (Wildman–Crippen MR) is 113 cm³/mol. The lowest BCUT2D eigenvalue weighted by molar-refractivity contribution is 0.209. The van der Waals surface area contributed by atoms with Gasteiger partial charge in [-0.1, -0.05) is 18.2 Å². The van der Waals surface area contributed by atoms with Gasteiger partial charge in [0.25, 0.3) is 0 Å². The maximum absolute atomic E-state index is 10.1. The van der Waals surface area contributed by atoms with Crippen LogP contribution in [0, 0.1) is 0 Å². The molecule has 0 aliphatic carbocycles. The van der Waals surface area contributed by atoms with Crippen LogP contribution >= 0.6 is 0 Å². The lowest BCUT2D eigenvalue weighted by atomic mass is 10.2. The summed E-state index contributed by atoms with van der Waals surface area (Å²) < 4.78 is 0. The molecule has 1 aliphatic heterocycles. The van der Waals surface area contributed by atoms with Gasteiger partial charge in [-0.05, 0) is 44.2 Å². The third-order valence-corrected chi connectivity index (χ3v) is 5.33. The highest BCUT2D eigenvalue weighted by Gasteiger charge is 2.18. The van der Waals surface area contributed by atoms with Crippen molar-refractivity contribution in [2.24, 2.45) is 4.99 Å². The van der Waals surface area contributed by atoms with Gasteiger partial charge in [-0.15, -0.1) is 0 Å². The third kappa shape index (κ3) is 3.69. The summed E-state index contributed by atoms with van der Waals surface area (Å²) in [6.07, 6.45) is 1.73. The van der Waals surface area contributed by atoms with Gasteiger partial charge in [0.15, 0.2) is 5.88 Å². The summed E-state index contributed by atoms with van der Waals surface area (Å²) in [6.45, 7) is 8.85. The Kier molecular flexibility index (Phi) is 4.86. The summed E-state index contributed by atoms with van der Waals surface area (Å²) in [6, 6.07) is 16.8. The number of fused-ring (bicyclic) bond motifs is 1. The molecule has 2 aromatic carbocycles. The summed E-state index contributed by atoms with van der Waals surface area (Å²) in [7, 11) is 0. The second kappa shape index (κ2) is 7.45. The predicted octanol–water partition coefficient (Wildman–Crippen LogP) is 4.15. The molecule has 4 rings (SSSR count). The highest BCUT2D eigenvalue weighted by atomic mass is 16.3. The van der Waals surface area contributed by atoms with Crippen molar-refractivity contribution in [2.45, 2.75) is 19.9 Å². The number of nitrogens with one attached hydrogen (secondary N) is 1. The highest BCUT2D eigenvalue weighted by molar-refractivity contribution is 6.02. The minimum atomic E-state index is 0.152. The van der Waals surface area contributed by atoms with Crippen molar-refractivity contribution >= 4 is 28.5 Å². The number of aromatic nitrogens is 1. The molecule has 5 nitrogen and oxygen atoms in total. The highest BCUT2D eigenvalue weighted by Crippen LogP contribution is 2.26. The second-order valence-corrected chi connectivity index (χ2v) is 7.32. The van der Waals surface area contributed by atoms with E-state index < -0.39 is 0 Å². The van der Waals surface area contributed by atoms with Crippen LogP contribution in [0.25, 0.3) is 10.9 Å². The number of aromatic hydroxyl groups is 1. The van der Waals surface area contributed by atoms with Gasteiger partial charge < -0.3 is 15.0 Å². The number of benzene rings is 2. The molecular weight excluding hydrogens is 336 g/mol. The number of anilines is 1. The molecule has 1 saturated heterocycles. The molecule has 0 unspecified atom stereocenters. The zero-order valence-electron chi connectivity index (χ0n) is 15.9. The molecule has 1 aromatic heterocycles.